The molecule has 63 heavy (non-hydrogen) atoms. The number of hydrogen-bond donors (Lipinski definition) is 0. The van der Waals surface area contributed by atoms with Crippen molar-refractivity contribution in [1.82, 2.24) is 29.1 Å². The highest BCUT2D eigenvalue weighted by molar-refractivity contribution is 7.25. The van der Waals surface area contributed by atoms with E-state index in [0.29, 0.717) is 5.82 Å². The number of rotatable bonds is 6. The zero-order chi connectivity index (χ0) is 41.4. The van der Waals surface area contributed by atoms with Gasteiger partial charge in [0, 0.05) is 66.8 Å². The highest BCUT2D eigenvalue weighted by Crippen LogP contribution is 2.40. The first-order valence-corrected chi connectivity index (χ1v) is 21.8. The van der Waals surface area contributed by atoms with Crippen molar-refractivity contribution >= 4 is 75.3 Å². The fourth-order valence-electron chi connectivity index (χ4n) is 9.33. The third-order valence-electron chi connectivity index (χ3n) is 12.3. The minimum absolute atomic E-state index is 0.688. The van der Waals surface area contributed by atoms with E-state index in [-0.39, 0.29) is 0 Å². The second kappa shape index (κ2) is 14.2. The van der Waals surface area contributed by atoms with Gasteiger partial charge in [-0.3, -0.25) is 14.5 Å². The molecule has 13 aromatic rings. The summed E-state index contributed by atoms with van der Waals surface area (Å²) in [7, 11) is 0. The summed E-state index contributed by atoms with van der Waals surface area (Å²) in [6.07, 6.45) is 5.81. The number of pyridine rings is 2. The predicted molar refractivity (Wildman–Crippen MR) is 261 cm³/mol. The summed E-state index contributed by atoms with van der Waals surface area (Å²) >= 11 is 1.78. The number of aromatic nitrogens is 6. The molecule has 0 saturated carbocycles. The standard InChI is InChI=1S/C56H34N6S/c1-3-12-35(13-4-1)47-32-54(60-56(59-47)36-14-5-2-6-15-36)62-49-19-10-8-17-43(49)45-29-37(22-25-50(45)62)39-21-24-44-42-16-7-9-18-48(42)61(51(44)31-39)41-28-40(33-57-34-41)38-23-26-52-46(30-38)55-53(63-52)20-11-27-58-55/h1-34H. The molecule has 7 aromatic carbocycles. The number of fused-ring (bicyclic) bond motifs is 9. The Hall–Kier alpha value is -8.26. The van der Waals surface area contributed by atoms with Crippen LogP contribution >= 0.6 is 11.3 Å². The number of para-hydroxylation sites is 2. The molecule has 0 amide bonds. The van der Waals surface area contributed by atoms with Gasteiger partial charge in [0.15, 0.2) is 5.82 Å². The molecular formula is C56H34N6S. The van der Waals surface area contributed by atoms with Gasteiger partial charge in [-0.05, 0) is 77.4 Å². The molecule has 0 aliphatic carbocycles. The molecule has 6 heterocycles. The third kappa shape index (κ3) is 5.78. The number of thiophene rings is 1. The van der Waals surface area contributed by atoms with Gasteiger partial charge in [-0.1, -0.05) is 121 Å². The molecule has 0 fully saturated rings. The van der Waals surface area contributed by atoms with Gasteiger partial charge in [0.05, 0.1) is 49.9 Å². The second-order valence-corrected chi connectivity index (χ2v) is 17.0. The molecule has 294 valence electrons. The smallest absolute Gasteiger partial charge is 0.162 e. The summed E-state index contributed by atoms with van der Waals surface area (Å²) in [4.78, 5) is 19.9. The van der Waals surface area contributed by atoms with E-state index in [1.165, 1.54) is 25.6 Å². The Kier molecular flexibility index (Phi) is 7.98. The van der Waals surface area contributed by atoms with Crippen molar-refractivity contribution in [2.24, 2.45) is 0 Å². The van der Waals surface area contributed by atoms with Gasteiger partial charge in [0.25, 0.3) is 0 Å². The molecule has 7 heteroatoms. The lowest BCUT2D eigenvalue weighted by molar-refractivity contribution is 1.05. The number of nitrogens with zero attached hydrogens (tertiary/aromatic N) is 6. The van der Waals surface area contributed by atoms with E-state index in [4.69, 9.17) is 19.9 Å². The molecule has 0 radical (unpaired) electrons. The van der Waals surface area contributed by atoms with Crippen LogP contribution in [0.1, 0.15) is 0 Å². The fraction of sp³-hybridized carbons (Fsp3) is 0. The summed E-state index contributed by atoms with van der Waals surface area (Å²) in [5.41, 5.74) is 13.8. The van der Waals surface area contributed by atoms with Crippen LogP contribution in [0.25, 0.3) is 120 Å². The van der Waals surface area contributed by atoms with Crippen LogP contribution in [0.2, 0.25) is 0 Å². The molecular weight excluding hydrogens is 789 g/mol. The highest BCUT2D eigenvalue weighted by atomic mass is 32.1. The first-order valence-electron chi connectivity index (χ1n) is 21.0. The quantitative estimate of drug-likeness (QED) is 0.168. The molecule has 0 unspecified atom stereocenters. The van der Waals surface area contributed by atoms with Crippen molar-refractivity contribution in [2.45, 2.75) is 0 Å². The summed E-state index contributed by atoms with van der Waals surface area (Å²) in [5.74, 6) is 1.51. The van der Waals surface area contributed by atoms with Gasteiger partial charge >= 0.3 is 0 Å². The van der Waals surface area contributed by atoms with Crippen LogP contribution in [0, 0.1) is 0 Å². The normalized spacial score (nSPS) is 11.8. The van der Waals surface area contributed by atoms with E-state index in [0.717, 1.165) is 88.9 Å². The Labute approximate surface area is 365 Å². The van der Waals surface area contributed by atoms with Gasteiger partial charge in [-0.2, -0.15) is 0 Å². The molecule has 13 rings (SSSR count). The summed E-state index contributed by atoms with van der Waals surface area (Å²) in [5, 5.41) is 5.90. The van der Waals surface area contributed by atoms with Gasteiger partial charge in [-0.15, -0.1) is 11.3 Å². The van der Waals surface area contributed by atoms with Crippen LogP contribution in [0.3, 0.4) is 0 Å². The summed E-state index contributed by atoms with van der Waals surface area (Å²) in [6.45, 7) is 0. The molecule has 6 nitrogen and oxygen atoms in total. The van der Waals surface area contributed by atoms with Crippen molar-refractivity contribution in [3.63, 3.8) is 0 Å². The van der Waals surface area contributed by atoms with Crippen molar-refractivity contribution in [3.05, 3.63) is 207 Å². The maximum atomic E-state index is 5.24. The van der Waals surface area contributed by atoms with Gasteiger partial charge < -0.3 is 4.57 Å². The first kappa shape index (κ1) is 35.5. The van der Waals surface area contributed by atoms with E-state index in [1.807, 2.05) is 48.9 Å². The maximum Gasteiger partial charge on any atom is 0.162 e. The first-order chi connectivity index (χ1) is 31.2. The molecule has 6 aromatic heterocycles. The minimum atomic E-state index is 0.688. The van der Waals surface area contributed by atoms with Crippen LogP contribution in [-0.2, 0) is 0 Å². The summed E-state index contributed by atoms with van der Waals surface area (Å²) < 4.78 is 7.07. The Morgan fingerprint density at radius 2 is 1.03 bits per heavy atom. The molecule has 0 atom stereocenters. The average molecular weight is 823 g/mol. The van der Waals surface area contributed by atoms with Crippen LogP contribution in [0.4, 0.5) is 0 Å². The van der Waals surface area contributed by atoms with Crippen LogP contribution in [0.5, 0.6) is 0 Å². The Bertz CT molecular complexity index is 3860. The van der Waals surface area contributed by atoms with Gasteiger partial charge in [0.2, 0.25) is 0 Å². The average Bonchev–Trinajstić information content (AvgIpc) is 4.01. The molecule has 0 bridgehead atoms. The number of hydrogen-bond acceptors (Lipinski definition) is 5. The lowest BCUT2D eigenvalue weighted by atomic mass is 10.0. The highest BCUT2D eigenvalue weighted by Gasteiger charge is 2.19. The van der Waals surface area contributed by atoms with Crippen molar-refractivity contribution < 1.29 is 0 Å². The van der Waals surface area contributed by atoms with Crippen LogP contribution in [-0.4, -0.2) is 29.1 Å². The predicted octanol–water partition coefficient (Wildman–Crippen LogP) is 14.5. The fourth-order valence-corrected chi connectivity index (χ4v) is 10.4. The lowest BCUT2D eigenvalue weighted by Crippen LogP contribution is -2.02. The minimum Gasteiger partial charge on any atom is -0.308 e. The van der Waals surface area contributed by atoms with E-state index in [9.17, 15) is 0 Å². The largest absolute Gasteiger partial charge is 0.308 e. The molecule has 0 saturated heterocycles. The molecule has 0 aliphatic heterocycles. The zero-order valence-corrected chi connectivity index (χ0v) is 34.5. The van der Waals surface area contributed by atoms with Crippen molar-refractivity contribution in [2.75, 3.05) is 0 Å². The van der Waals surface area contributed by atoms with Gasteiger partial charge in [-0.25, -0.2) is 9.97 Å². The Morgan fingerprint density at radius 3 is 1.87 bits per heavy atom. The van der Waals surface area contributed by atoms with E-state index < -0.39 is 0 Å². The van der Waals surface area contributed by atoms with Crippen molar-refractivity contribution in [1.29, 1.82) is 0 Å². The SMILES string of the molecule is c1ccc(-c2cc(-n3c4ccccc4c4cc(-c5ccc6c7ccccc7n(-c7cncc(-c8ccc9sc%10cccnc%10c9c8)c7)c6c5)ccc43)nc(-c3ccccc3)n2)cc1. The second-order valence-electron chi connectivity index (χ2n) is 15.9. The van der Waals surface area contributed by atoms with E-state index >= 15 is 0 Å². The van der Waals surface area contributed by atoms with E-state index in [1.54, 1.807) is 11.3 Å². The summed E-state index contributed by atoms with van der Waals surface area (Å²) in [6, 6.07) is 66.7. The van der Waals surface area contributed by atoms with E-state index in [2.05, 4.69) is 167 Å². The monoisotopic (exact) mass is 822 g/mol. The van der Waals surface area contributed by atoms with Gasteiger partial charge in [0.1, 0.15) is 5.82 Å². The van der Waals surface area contributed by atoms with Crippen LogP contribution < -0.4 is 0 Å². The molecule has 0 aliphatic rings. The third-order valence-corrected chi connectivity index (χ3v) is 13.4. The Morgan fingerprint density at radius 1 is 0.381 bits per heavy atom. The molecule has 0 N–H and O–H groups in total. The Balaban J connectivity index is 0.961. The zero-order valence-electron chi connectivity index (χ0n) is 33.7. The topological polar surface area (TPSA) is 61.4 Å². The maximum absolute atomic E-state index is 5.24. The van der Waals surface area contributed by atoms with Crippen LogP contribution in [0.15, 0.2) is 207 Å². The molecule has 0 spiro atoms. The lowest BCUT2D eigenvalue weighted by Gasteiger charge is -2.12. The van der Waals surface area contributed by atoms with Crippen molar-refractivity contribution in [3.8, 4) is 56.4 Å². The number of benzene rings is 7.